The number of fused-ring (bicyclic) bond motifs is 1. The molecular formula is C20H16ClFN2O5. The van der Waals surface area contributed by atoms with E-state index in [9.17, 15) is 18.8 Å². The summed E-state index contributed by atoms with van der Waals surface area (Å²) < 4.78 is 19.1. The van der Waals surface area contributed by atoms with E-state index in [1.807, 2.05) is 0 Å². The van der Waals surface area contributed by atoms with E-state index in [0.29, 0.717) is 21.5 Å². The molecule has 0 atom stereocenters. The molecule has 1 amide bonds. The maximum absolute atomic E-state index is 14.0. The summed E-state index contributed by atoms with van der Waals surface area (Å²) in [4.78, 5) is 38.0. The topological polar surface area (TPSA) is 108 Å². The van der Waals surface area contributed by atoms with E-state index in [1.54, 1.807) is 12.1 Å². The standard InChI is InChI=1S/C20H16ClFN2O5/c1-29-16-4-2-3-15(22)13(16)8-17(25)23-9-11-6-12(21)5-10-7-14(20(27)28)19(26)24-18(10)11/h2-7H,8-9H2,1H3,(H,23,25)(H,24,26)(H,27,28). The maximum Gasteiger partial charge on any atom is 0.341 e. The first-order chi connectivity index (χ1) is 13.8. The van der Waals surface area contributed by atoms with Crippen molar-refractivity contribution in [3.63, 3.8) is 0 Å². The van der Waals surface area contributed by atoms with Gasteiger partial charge in [0.15, 0.2) is 0 Å². The summed E-state index contributed by atoms with van der Waals surface area (Å²) in [5.41, 5.74) is -0.219. The van der Waals surface area contributed by atoms with E-state index in [2.05, 4.69) is 10.3 Å². The molecule has 0 fully saturated rings. The number of aromatic amines is 1. The van der Waals surface area contributed by atoms with Crippen LogP contribution in [0.5, 0.6) is 5.75 Å². The summed E-state index contributed by atoms with van der Waals surface area (Å²) in [7, 11) is 1.38. The summed E-state index contributed by atoms with van der Waals surface area (Å²) in [6, 6.07) is 8.55. The molecule has 0 aliphatic rings. The van der Waals surface area contributed by atoms with Crippen molar-refractivity contribution >= 4 is 34.4 Å². The average Bonchev–Trinajstić information content (AvgIpc) is 2.67. The minimum atomic E-state index is -1.36. The molecule has 0 saturated heterocycles. The number of ether oxygens (including phenoxy) is 1. The smallest absolute Gasteiger partial charge is 0.341 e. The highest BCUT2D eigenvalue weighted by atomic mass is 35.5. The number of methoxy groups -OCH3 is 1. The number of carboxylic acid groups (broad SMARTS) is 1. The number of pyridine rings is 1. The quantitative estimate of drug-likeness (QED) is 0.570. The van der Waals surface area contributed by atoms with Crippen molar-refractivity contribution in [2.24, 2.45) is 0 Å². The van der Waals surface area contributed by atoms with Gasteiger partial charge in [-0.25, -0.2) is 9.18 Å². The number of rotatable bonds is 6. The second kappa shape index (κ2) is 8.32. The van der Waals surface area contributed by atoms with Crippen molar-refractivity contribution in [2.45, 2.75) is 13.0 Å². The number of hydrogen-bond donors (Lipinski definition) is 3. The molecule has 0 aliphatic carbocycles. The number of H-pyrrole nitrogens is 1. The van der Waals surface area contributed by atoms with Gasteiger partial charge in [-0.1, -0.05) is 17.7 Å². The lowest BCUT2D eigenvalue weighted by Gasteiger charge is -2.12. The number of nitrogens with one attached hydrogen (secondary N) is 2. The lowest BCUT2D eigenvalue weighted by molar-refractivity contribution is -0.120. The molecule has 0 aliphatic heterocycles. The van der Waals surface area contributed by atoms with E-state index >= 15 is 0 Å². The number of carboxylic acids is 1. The van der Waals surface area contributed by atoms with Crippen molar-refractivity contribution in [1.29, 1.82) is 0 Å². The van der Waals surface area contributed by atoms with Crippen LogP contribution >= 0.6 is 11.6 Å². The predicted octanol–water partition coefficient (Wildman–Crippen LogP) is 2.89. The molecule has 29 heavy (non-hydrogen) atoms. The highest BCUT2D eigenvalue weighted by Gasteiger charge is 2.16. The summed E-state index contributed by atoms with van der Waals surface area (Å²) in [6.45, 7) is -0.00494. The Hall–Kier alpha value is -3.39. The summed E-state index contributed by atoms with van der Waals surface area (Å²) >= 11 is 6.08. The van der Waals surface area contributed by atoms with Crippen LogP contribution in [0.2, 0.25) is 5.02 Å². The molecule has 0 spiro atoms. The molecule has 3 rings (SSSR count). The Bertz CT molecular complexity index is 1180. The zero-order valence-electron chi connectivity index (χ0n) is 15.2. The maximum atomic E-state index is 14.0. The van der Waals surface area contributed by atoms with Crippen molar-refractivity contribution in [1.82, 2.24) is 10.3 Å². The van der Waals surface area contributed by atoms with Crippen LogP contribution in [0.15, 0.2) is 41.2 Å². The number of halogens is 2. The molecule has 0 unspecified atom stereocenters. The Balaban J connectivity index is 1.85. The van der Waals surface area contributed by atoms with Crippen LogP contribution in [0, 0.1) is 5.82 Å². The van der Waals surface area contributed by atoms with Crippen molar-refractivity contribution < 1.29 is 23.8 Å². The van der Waals surface area contributed by atoms with E-state index in [4.69, 9.17) is 21.4 Å². The molecule has 3 aromatic rings. The molecule has 2 aromatic carbocycles. The fraction of sp³-hybridized carbons (Fsp3) is 0.150. The fourth-order valence-corrected chi connectivity index (χ4v) is 3.22. The molecule has 1 heterocycles. The number of aromatic carboxylic acids is 1. The number of aromatic nitrogens is 1. The van der Waals surface area contributed by atoms with E-state index in [-0.39, 0.29) is 24.3 Å². The van der Waals surface area contributed by atoms with Gasteiger partial charge in [-0.3, -0.25) is 9.59 Å². The normalized spacial score (nSPS) is 10.7. The first-order valence-corrected chi connectivity index (χ1v) is 8.84. The number of hydrogen-bond acceptors (Lipinski definition) is 4. The Morgan fingerprint density at radius 3 is 2.72 bits per heavy atom. The van der Waals surface area contributed by atoms with Crippen LogP contribution in [-0.4, -0.2) is 29.1 Å². The third-order valence-corrected chi connectivity index (χ3v) is 4.56. The van der Waals surface area contributed by atoms with Gasteiger partial charge in [-0.2, -0.15) is 0 Å². The number of benzene rings is 2. The average molecular weight is 419 g/mol. The second-order valence-electron chi connectivity index (χ2n) is 6.22. The lowest BCUT2D eigenvalue weighted by Crippen LogP contribution is -2.26. The van der Waals surface area contributed by atoms with Crippen molar-refractivity contribution in [3.8, 4) is 5.75 Å². The fourth-order valence-electron chi connectivity index (χ4n) is 2.97. The molecule has 9 heteroatoms. The van der Waals surface area contributed by atoms with Gasteiger partial charge in [0.05, 0.1) is 19.0 Å². The number of carbonyl (C=O) groups is 2. The van der Waals surface area contributed by atoms with Crippen molar-refractivity contribution in [3.05, 3.63) is 74.3 Å². The first-order valence-electron chi connectivity index (χ1n) is 8.47. The number of amides is 1. The predicted molar refractivity (Wildman–Crippen MR) is 105 cm³/mol. The van der Waals surface area contributed by atoms with Gasteiger partial charge in [-0.05, 0) is 35.9 Å². The van der Waals surface area contributed by atoms with Gasteiger partial charge < -0.3 is 20.1 Å². The second-order valence-corrected chi connectivity index (χ2v) is 6.66. The zero-order valence-corrected chi connectivity index (χ0v) is 16.0. The highest BCUT2D eigenvalue weighted by Crippen LogP contribution is 2.23. The molecule has 0 saturated carbocycles. The first kappa shape index (κ1) is 20.3. The SMILES string of the molecule is COc1cccc(F)c1CC(=O)NCc1cc(Cl)cc2cc(C(=O)O)c(=O)[nH]c12. The third-order valence-electron chi connectivity index (χ3n) is 4.34. The van der Waals surface area contributed by atoms with Crippen LogP contribution in [0.3, 0.4) is 0 Å². The lowest BCUT2D eigenvalue weighted by atomic mass is 10.1. The van der Waals surface area contributed by atoms with E-state index in [1.165, 1.54) is 31.4 Å². The minimum Gasteiger partial charge on any atom is -0.496 e. The van der Waals surface area contributed by atoms with E-state index < -0.39 is 28.8 Å². The van der Waals surface area contributed by atoms with Crippen LogP contribution in [-0.2, 0) is 17.8 Å². The van der Waals surface area contributed by atoms with Gasteiger partial charge in [0.25, 0.3) is 5.56 Å². The Labute approximate surface area is 169 Å². The Morgan fingerprint density at radius 2 is 2.03 bits per heavy atom. The molecule has 0 bridgehead atoms. The summed E-state index contributed by atoms with van der Waals surface area (Å²) in [6.07, 6.45) is -0.242. The largest absolute Gasteiger partial charge is 0.496 e. The Kier molecular flexibility index (Phi) is 5.84. The molecular weight excluding hydrogens is 403 g/mol. The minimum absolute atomic E-state index is 0.00494. The Morgan fingerprint density at radius 1 is 1.28 bits per heavy atom. The van der Waals surface area contributed by atoms with Gasteiger partial charge >= 0.3 is 5.97 Å². The van der Waals surface area contributed by atoms with Gasteiger partial charge in [-0.15, -0.1) is 0 Å². The monoisotopic (exact) mass is 418 g/mol. The van der Waals surface area contributed by atoms with Crippen LogP contribution < -0.4 is 15.6 Å². The van der Waals surface area contributed by atoms with Crippen molar-refractivity contribution in [2.75, 3.05) is 7.11 Å². The molecule has 0 radical (unpaired) electrons. The molecule has 7 nitrogen and oxygen atoms in total. The molecule has 3 N–H and O–H groups in total. The van der Waals surface area contributed by atoms with Crippen LogP contribution in [0.4, 0.5) is 4.39 Å². The third kappa shape index (κ3) is 4.38. The zero-order chi connectivity index (χ0) is 21.1. The highest BCUT2D eigenvalue weighted by molar-refractivity contribution is 6.31. The van der Waals surface area contributed by atoms with Crippen LogP contribution in [0.1, 0.15) is 21.5 Å². The molecule has 1 aromatic heterocycles. The molecule has 150 valence electrons. The van der Waals surface area contributed by atoms with Gasteiger partial charge in [0, 0.05) is 22.5 Å². The van der Waals surface area contributed by atoms with Crippen LogP contribution in [0.25, 0.3) is 10.9 Å². The van der Waals surface area contributed by atoms with Gasteiger partial charge in [0.2, 0.25) is 5.91 Å². The van der Waals surface area contributed by atoms with E-state index in [0.717, 1.165) is 0 Å². The summed E-state index contributed by atoms with van der Waals surface area (Å²) in [5.74, 6) is -2.12. The number of carbonyl (C=O) groups excluding carboxylic acids is 1. The van der Waals surface area contributed by atoms with Gasteiger partial charge in [0.1, 0.15) is 17.1 Å². The summed E-state index contributed by atoms with van der Waals surface area (Å²) in [5, 5.41) is 12.5.